The number of carbonyl (C=O) groups excluding carboxylic acids is 1. The monoisotopic (exact) mass is 316 g/mol. The quantitative estimate of drug-likeness (QED) is 0.452. The lowest BCUT2D eigenvalue weighted by atomic mass is 10.2. The third-order valence-corrected chi connectivity index (χ3v) is 4.55. The van der Waals surface area contributed by atoms with Crippen LogP contribution in [0.3, 0.4) is 0 Å². The average molecular weight is 316 g/mol. The van der Waals surface area contributed by atoms with Gasteiger partial charge in [0, 0.05) is 20.8 Å². The summed E-state index contributed by atoms with van der Waals surface area (Å²) in [5.74, 6) is -0.345. The van der Waals surface area contributed by atoms with Gasteiger partial charge in [-0.15, -0.1) is 11.8 Å². The van der Waals surface area contributed by atoms with Gasteiger partial charge in [0.15, 0.2) is 0 Å². The minimum atomic E-state index is -0.345. The predicted octanol–water partition coefficient (Wildman–Crippen LogP) is 4.75. The third kappa shape index (κ3) is 4.99. The van der Waals surface area contributed by atoms with Crippen LogP contribution in [0, 0.1) is 0 Å². The molecule has 0 aliphatic rings. The Bertz CT molecular complexity index is 616. The van der Waals surface area contributed by atoms with Crippen molar-refractivity contribution in [2.24, 2.45) is 0 Å². The van der Waals surface area contributed by atoms with Gasteiger partial charge in [0.25, 0.3) is 0 Å². The lowest BCUT2D eigenvalue weighted by Gasteiger charge is -2.03. The van der Waals surface area contributed by atoms with E-state index in [0.717, 1.165) is 5.56 Å². The molecule has 0 saturated carbocycles. The molecule has 0 heterocycles. The molecule has 0 bridgehead atoms. The molecule has 0 atom stereocenters. The van der Waals surface area contributed by atoms with E-state index in [1.807, 2.05) is 24.3 Å². The van der Waals surface area contributed by atoms with E-state index in [9.17, 15) is 4.79 Å². The Morgan fingerprint density at radius 3 is 2.00 bits per heavy atom. The SMILES string of the molecule is COC(=O)/C=C/c1ccc(Sc2ccc(SC)cc2)cc1. The first kappa shape index (κ1) is 15.7. The largest absolute Gasteiger partial charge is 0.466 e. The number of hydrogen-bond acceptors (Lipinski definition) is 4. The maximum Gasteiger partial charge on any atom is 0.330 e. The van der Waals surface area contributed by atoms with Crippen LogP contribution in [-0.4, -0.2) is 19.3 Å². The maximum atomic E-state index is 11.0. The van der Waals surface area contributed by atoms with Crippen molar-refractivity contribution < 1.29 is 9.53 Å². The fourth-order valence-electron chi connectivity index (χ4n) is 1.66. The molecule has 2 nitrogen and oxygen atoms in total. The maximum absolute atomic E-state index is 11.0. The molecule has 0 aliphatic heterocycles. The average Bonchev–Trinajstić information content (AvgIpc) is 2.54. The zero-order valence-corrected chi connectivity index (χ0v) is 13.5. The lowest BCUT2D eigenvalue weighted by Crippen LogP contribution is -1.93. The third-order valence-electron chi connectivity index (χ3n) is 2.79. The first-order valence-electron chi connectivity index (χ1n) is 6.39. The summed E-state index contributed by atoms with van der Waals surface area (Å²) in [5, 5.41) is 0. The van der Waals surface area contributed by atoms with Gasteiger partial charge in [-0.25, -0.2) is 4.79 Å². The van der Waals surface area contributed by atoms with Crippen molar-refractivity contribution >= 4 is 35.6 Å². The fraction of sp³-hybridized carbons (Fsp3) is 0.118. The summed E-state index contributed by atoms with van der Waals surface area (Å²) in [6.07, 6.45) is 5.24. The second-order valence-corrected chi connectivity index (χ2v) is 6.23. The summed E-state index contributed by atoms with van der Waals surface area (Å²) in [6.45, 7) is 0. The van der Waals surface area contributed by atoms with Gasteiger partial charge in [0.1, 0.15) is 0 Å². The number of esters is 1. The Morgan fingerprint density at radius 2 is 1.48 bits per heavy atom. The van der Waals surface area contributed by atoms with E-state index in [-0.39, 0.29) is 5.97 Å². The summed E-state index contributed by atoms with van der Waals surface area (Å²) in [6, 6.07) is 16.6. The van der Waals surface area contributed by atoms with Crippen molar-refractivity contribution in [3.8, 4) is 0 Å². The molecule has 0 aliphatic carbocycles. The van der Waals surface area contributed by atoms with Crippen molar-refractivity contribution in [1.29, 1.82) is 0 Å². The second-order valence-electron chi connectivity index (χ2n) is 4.20. The molecule has 4 heteroatoms. The van der Waals surface area contributed by atoms with Crippen LogP contribution < -0.4 is 0 Å². The van der Waals surface area contributed by atoms with Crippen LogP contribution in [0.2, 0.25) is 0 Å². The van der Waals surface area contributed by atoms with Gasteiger partial charge in [0.05, 0.1) is 7.11 Å². The Kier molecular flexibility index (Phi) is 5.96. The summed E-state index contributed by atoms with van der Waals surface area (Å²) in [5.41, 5.74) is 0.975. The van der Waals surface area contributed by atoms with Gasteiger partial charge < -0.3 is 4.74 Å². The van der Waals surface area contributed by atoms with Crippen molar-refractivity contribution in [3.63, 3.8) is 0 Å². The number of benzene rings is 2. The van der Waals surface area contributed by atoms with Crippen molar-refractivity contribution in [2.75, 3.05) is 13.4 Å². The van der Waals surface area contributed by atoms with E-state index in [0.29, 0.717) is 0 Å². The van der Waals surface area contributed by atoms with E-state index < -0.39 is 0 Å². The minimum Gasteiger partial charge on any atom is -0.466 e. The highest BCUT2D eigenvalue weighted by Gasteiger charge is 1.98. The summed E-state index contributed by atoms with van der Waals surface area (Å²) >= 11 is 3.46. The standard InChI is InChI=1S/C17H16O2S2/c1-19-17(18)12-5-13-3-6-15(7-4-13)21-16-10-8-14(20-2)9-11-16/h3-12H,1-2H3/b12-5+. The molecule has 0 aromatic heterocycles. The van der Waals surface area contributed by atoms with Gasteiger partial charge in [-0.05, 0) is 54.3 Å². The van der Waals surface area contributed by atoms with Gasteiger partial charge in [0.2, 0.25) is 0 Å². The number of methoxy groups -OCH3 is 1. The molecule has 0 saturated heterocycles. The van der Waals surface area contributed by atoms with Gasteiger partial charge >= 0.3 is 5.97 Å². The molecule has 21 heavy (non-hydrogen) atoms. The highest BCUT2D eigenvalue weighted by Crippen LogP contribution is 2.29. The number of rotatable bonds is 5. The molecule has 0 fully saturated rings. The second kappa shape index (κ2) is 7.96. The Labute approximate surface area is 133 Å². The molecular formula is C17H16O2S2. The topological polar surface area (TPSA) is 26.3 Å². The van der Waals surface area contributed by atoms with Gasteiger partial charge in [-0.3, -0.25) is 0 Å². The molecule has 108 valence electrons. The molecule has 2 aromatic carbocycles. The summed E-state index contributed by atoms with van der Waals surface area (Å²) in [4.78, 5) is 14.7. The van der Waals surface area contributed by atoms with Crippen LogP contribution in [0.5, 0.6) is 0 Å². The molecule has 0 radical (unpaired) electrons. The highest BCUT2D eigenvalue weighted by molar-refractivity contribution is 7.99. The zero-order chi connectivity index (χ0) is 15.1. The van der Waals surface area contributed by atoms with Crippen LogP contribution in [0.4, 0.5) is 0 Å². The molecular weight excluding hydrogens is 300 g/mol. The van der Waals surface area contributed by atoms with Gasteiger partial charge in [-0.1, -0.05) is 23.9 Å². The van der Waals surface area contributed by atoms with Crippen molar-refractivity contribution in [1.82, 2.24) is 0 Å². The normalized spacial score (nSPS) is 10.8. The summed E-state index contributed by atoms with van der Waals surface area (Å²) in [7, 11) is 1.37. The van der Waals surface area contributed by atoms with Crippen molar-refractivity contribution in [3.05, 3.63) is 60.2 Å². The minimum absolute atomic E-state index is 0.345. The number of thioether (sulfide) groups is 1. The molecule has 2 rings (SSSR count). The first-order chi connectivity index (χ1) is 10.2. The highest BCUT2D eigenvalue weighted by atomic mass is 32.2. The first-order valence-corrected chi connectivity index (χ1v) is 8.43. The van der Waals surface area contributed by atoms with Crippen LogP contribution in [0.25, 0.3) is 6.08 Å². The van der Waals surface area contributed by atoms with E-state index in [2.05, 4.69) is 35.3 Å². The number of hydrogen-bond donors (Lipinski definition) is 0. The lowest BCUT2D eigenvalue weighted by molar-refractivity contribution is -0.134. The number of carbonyl (C=O) groups is 1. The van der Waals surface area contributed by atoms with Crippen molar-refractivity contribution in [2.45, 2.75) is 14.7 Å². The Hall–Kier alpha value is -1.65. The van der Waals surface area contributed by atoms with E-state index in [4.69, 9.17) is 0 Å². The molecule has 0 unspecified atom stereocenters. The molecule has 2 aromatic rings. The van der Waals surface area contributed by atoms with E-state index in [1.54, 1.807) is 29.6 Å². The molecule has 0 N–H and O–H groups in total. The fourth-order valence-corrected chi connectivity index (χ4v) is 2.88. The van der Waals surface area contributed by atoms with E-state index >= 15 is 0 Å². The molecule has 0 spiro atoms. The van der Waals surface area contributed by atoms with Crippen LogP contribution in [-0.2, 0) is 9.53 Å². The van der Waals surface area contributed by atoms with Crippen LogP contribution in [0.15, 0.2) is 69.3 Å². The van der Waals surface area contributed by atoms with Gasteiger partial charge in [-0.2, -0.15) is 0 Å². The van der Waals surface area contributed by atoms with Crippen LogP contribution in [0.1, 0.15) is 5.56 Å². The molecule has 0 amide bonds. The Morgan fingerprint density at radius 1 is 0.952 bits per heavy atom. The van der Waals surface area contributed by atoms with E-state index in [1.165, 1.54) is 27.9 Å². The predicted molar refractivity (Wildman–Crippen MR) is 89.8 cm³/mol. The van der Waals surface area contributed by atoms with Crippen LogP contribution >= 0.6 is 23.5 Å². The smallest absolute Gasteiger partial charge is 0.330 e. The summed E-state index contributed by atoms with van der Waals surface area (Å²) < 4.78 is 4.56. The number of ether oxygens (including phenoxy) is 1. The Balaban J connectivity index is 2.01. The zero-order valence-electron chi connectivity index (χ0n) is 11.9.